The molecular weight excluding hydrogens is 329 g/mol. The molecule has 0 radical (unpaired) electrons. The number of hydrogen-bond acceptors (Lipinski definition) is 1. The monoisotopic (exact) mass is 341 g/mol. The number of halogens is 3. The maximum absolute atomic E-state index is 13.7. The van der Waals surface area contributed by atoms with Crippen LogP contribution < -0.4 is 0 Å². The number of rotatable bonds is 4. The summed E-state index contributed by atoms with van der Waals surface area (Å²) in [6.45, 7) is 1.33. The normalized spacial score (nSPS) is 11.0. The fourth-order valence-electron chi connectivity index (χ4n) is 1.90. The van der Waals surface area contributed by atoms with Crippen LogP contribution >= 0.6 is 27.5 Å². The van der Waals surface area contributed by atoms with Crippen molar-refractivity contribution in [2.75, 3.05) is 7.05 Å². The van der Waals surface area contributed by atoms with E-state index in [-0.39, 0.29) is 5.82 Å². The summed E-state index contributed by atoms with van der Waals surface area (Å²) >= 11 is 9.10. The van der Waals surface area contributed by atoms with E-state index < -0.39 is 0 Å². The molecule has 0 spiro atoms. The Morgan fingerprint density at radius 2 is 1.79 bits per heavy atom. The molecule has 0 heterocycles. The van der Waals surface area contributed by atoms with Gasteiger partial charge in [-0.3, -0.25) is 4.90 Å². The van der Waals surface area contributed by atoms with Crippen LogP contribution in [0.25, 0.3) is 0 Å². The van der Waals surface area contributed by atoms with Gasteiger partial charge in [0.15, 0.2) is 0 Å². The lowest BCUT2D eigenvalue weighted by Crippen LogP contribution is -2.17. The topological polar surface area (TPSA) is 3.24 Å². The molecule has 0 saturated carbocycles. The van der Waals surface area contributed by atoms with Crippen LogP contribution in [0.15, 0.2) is 46.9 Å². The zero-order chi connectivity index (χ0) is 13.8. The van der Waals surface area contributed by atoms with Crippen molar-refractivity contribution in [3.8, 4) is 0 Å². The number of nitrogens with zero attached hydrogens (tertiary/aromatic N) is 1. The molecule has 0 amide bonds. The summed E-state index contributed by atoms with van der Waals surface area (Å²) in [4.78, 5) is 2.07. The second-order valence-electron chi connectivity index (χ2n) is 4.53. The minimum Gasteiger partial charge on any atom is -0.298 e. The minimum atomic E-state index is -0.183. The van der Waals surface area contributed by atoms with E-state index in [1.165, 1.54) is 6.07 Å². The molecule has 0 aliphatic heterocycles. The highest BCUT2D eigenvalue weighted by atomic mass is 79.9. The van der Waals surface area contributed by atoms with Gasteiger partial charge in [-0.15, -0.1) is 0 Å². The van der Waals surface area contributed by atoms with Crippen molar-refractivity contribution in [3.63, 3.8) is 0 Å². The van der Waals surface area contributed by atoms with Crippen LogP contribution in [0, 0.1) is 5.82 Å². The number of benzene rings is 2. The molecule has 0 fully saturated rings. The van der Waals surface area contributed by atoms with Crippen molar-refractivity contribution < 1.29 is 4.39 Å². The molecule has 2 aromatic carbocycles. The van der Waals surface area contributed by atoms with Gasteiger partial charge in [0.2, 0.25) is 0 Å². The molecule has 2 aromatic rings. The standard InChI is InChI=1S/C15H14BrClFN/c1-19(9-11-2-6-14(17)7-3-11)10-12-4-5-13(16)8-15(12)18/h2-8H,9-10H2,1H3. The van der Waals surface area contributed by atoms with Crippen molar-refractivity contribution in [2.24, 2.45) is 0 Å². The van der Waals surface area contributed by atoms with E-state index in [0.29, 0.717) is 12.1 Å². The molecule has 0 saturated heterocycles. The van der Waals surface area contributed by atoms with Crippen LogP contribution in [0.3, 0.4) is 0 Å². The summed E-state index contributed by atoms with van der Waals surface area (Å²) in [5.74, 6) is -0.183. The zero-order valence-electron chi connectivity index (χ0n) is 10.5. The van der Waals surface area contributed by atoms with E-state index in [1.54, 1.807) is 6.07 Å². The van der Waals surface area contributed by atoms with Crippen molar-refractivity contribution in [3.05, 3.63) is 68.9 Å². The van der Waals surface area contributed by atoms with Crippen molar-refractivity contribution in [1.29, 1.82) is 0 Å². The van der Waals surface area contributed by atoms with Crippen LogP contribution in [-0.2, 0) is 13.1 Å². The van der Waals surface area contributed by atoms with Gasteiger partial charge in [0, 0.05) is 28.1 Å². The van der Waals surface area contributed by atoms with Crippen LogP contribution in [0.2, 0.25) is 5.02 Å². The van der Waals surface area contributed by atoms with E-state index in [1.807, 2.05) is 37.4 Å². The van der Waals surface area contributed by atoms with E-state index >= 15 is 0 Å². The lowest BCUT2D eigenvalue weighted by atomic mass is 10.1. The molecule has 1 nitrogen and oxygen atoms in total. The largest absolute Gasteiger partial charge is 0.298 e. The van der Waals surface area contributed by atoms with Gasteiger partial charge in [-0.25, -0.2) is 4.39 Å². The Morgan fingerprint density at radius 1 is 1.11 bits per heavy atom. The number of hydrogen-bond donors (Lipinski definition) is 0. The third-order valence-electron chi connectivity index (χ3n) is 2.82. The average Bonchev–Trinajstić information content (AvgIpc) is 2.36. The average molecular weight is 343 g/mol. The predicted molar refractivity (Wildman–Crippen MR) is 80.7 cm³/mol. The van der Waals surface area contributed by atoms with Crippen molar-refractivity contribution in [1.82, 2.24) is 4.90 Å². The van der Waals surface area contributed by atoms with Gasteiger partial charge < -0.3 is 0 Å². The summed E-state index contributed by atoms with van der Waals surface area (Å²) in [5.41, 5.74) is 1.85. The molecule has 0 aliphatic carbocycles. The first-order valence-electron chi connectivity index (χ1n) is 5.91. The van der Waals surface area contributed by atoms with Gasteiger partial charge >= 0.3 is 0 Å². The smallest absolute Gasteiger partial charge is 0.128 e. The Balaban J connectivity index is 2.01. The summed E-state index contributed by atoms with van der Waals surface area (Å²) in [5, 5.41) is 0.727. The summed E-state index contributed by atoms with van der Waals surface area (Å²) < 4.78 is 14.5. The Morgan fingerprint density at radius 3 is 2.42 bits per heavy atom. The van der Waals surface area contributed by atoms with Gasteiger partial charge in [-0.2, -0.15) is 0 Å². The predicted octanol–water partition coefficient (Wildman–Crippen LogP) is 4.87. The highest BCUT2D eigenvalue weighted by Crippen LogP contribution is 2.17. The van der Waals surface area contributed by atoms with Crippen molar-refractivity contribution in [2.45, 2.75) is 13.1 Å². The van der Waals surface area contributed by atoms with E-state index in [0.717, 1.165) is 21.6 Å². The van der Waals surface area contributed by atoms with E-state index in [4.69, 9.17) is 11.6 Å². The Hall–Kier alpha value is -0.900. The fraction of sp³-hybridized carbons (Fsp3) is 0.200. The quantitative estimate of drug-likeness (QED) is 0.766. The van der Waals surface area contributed by atoms with Gasteiger partial charge in [0.1, 0.15) is 5.82 Å². The van der Waals surface area contributed by atoms with Gasteiger partial charge in [-0.05, 0) is 36.9 Å². The Bertz CT molecular complexity index is 557. The molecule has 0 atom stereocenters. The van der Waals surface area contributed by atoms with Crippen LogP contribution in [0.5, 0.6) is 0 Å². The molecule has 0 N–H and O–H groups in total. The molecule has 0 aliphatic rings. The van der Waals surface area contributed by atoms with Crippen LogP contribution in [-0.4, -0.2) is 11.9 Å². The minimum absolute atomic E-state index is 0.183. The highest BCUT2D eigenvalue weighted by Gasteiger charge is 2.07. The van der Waals surface area contributed by atoms with Crippen LogP contribution in [0.4, 0.5) is 4.39 Å². The first kappa shape index (κ1) is 14.5. The van der Waals surface area contributed by atoms with Crippen LogP contribution in [0.1, 0.15) is 11.1 Å². The SMILES string of the molecule is CN(Cc1ccc(Cl)cc1)Cc1ccc(Br)cc1F. The molecule has 4 heteroatoms. The van der Waals surface area contributed by atoms with Gasteiger partial charge in [0.05, 0.1) is 0 Å². The molecule has 0 aromatic heterocycles. The molecule has 0 unspecified atom stereocenters. The van der Waals surface area contributed by atoms with E-state index in [9.17, 15) is 4.39 Å². The first-order valence-corrected chi connectivity index (χ1v) is 7.08. The van der Waals surface area contributed by atoms with Gasteiger partial charge in [-0.1, -0.05) is 45.7 Å². The second kappa shape index (κ2) is 6.51. The lowest BCUT2D eigenvalue weighted by Gasteiger charge is -2.17. The molecular formula is C15H14BrClFN. The fourth-order valence-corrected chi connectivity index (χ4v) is 2.36. The third kappa shape index (κ3) is 4.30. The van der Waals surface area contributed by atoms with Crippen molar-refractivity contribution >= 4 is 27.5 Å². The summed E-state index contributed by atoms with van der Waals surface area (Å²) in [6, 6.07) is 12.8. The van der Waals surface area contributed by atoms with Gasteiger partial charge in [0.25, 0.3) is 0 Å². The van der Waals surface area contributed by atoms with E-state index in [2.05, 4.69) is 20.8 Å². The molecule has 2 rings (SSSR count). The first-order chi connectivity index (χ1) is 9.04. The Labute approximate surface area is 126 Å². The maximum atomic E-state index is 13.7. The lowest BCUT2D eigenvalue weighted by molar-refractivity contribution is 0.313. The second-order valence-corrected chi connectivity index (χ2v) is 5.89. The molecule has 19 heavy (non-hydrogen) atoms. The highest BCUT2D eigenvalue weighted by molar-refractivity contribution is 9.10. The molecule has 100 valence electrons. The summed E-state index contributed by atoms with van der Waals surface area (Å²) in [6.07, 6.45) is 0. The maximum Gasteiger partial charge on any atom is 0.128 e. The summed E-state index contributed by atoms with van der Waals surface area (Å²) in [7, 11) is 1.97. The Kier molecular flexibility index (Phi) is 4.97. The molecule has 0 bridgehead atoms. The zero-order valence-corrected chi connectivity index (χ0v) is 12.9. The third-order valence-corrected chi connectivity index (χ3v) is 3.57.